The van der Waals surface area contributed by atoms with Gasteiger partial charge < -0.3 is 20.1 Å². The van der Waals surface area contributed by atoms with Gasteiger partial charge in [-0.25, -0.2) is 18.7 Å². The van der Waals surface area contributed by atoms with Crippen LogP contribution in [0.15, 0.2) is 30.6 Å². The predicted molar refractivity (Wildman–Crippen MR) is 111 cm³/mol. The van der Waals surface area contributed by atoms with E-state index >= 15 is 0 Å². The molecule has 1 aromatic carbocycles. The minimum atomic E-state index is -3.24. The average Bonchev–Trinajstić information content (AvgIpc) is 3.61. The van der Waals surface area contributed by atoms with E-state index in [-0.39, 0.29) is 24.8 Å². The van der Waals surface area contributed by atoms with Crippen molar-refractivity contribution in [3.8, 4) is 17.0 Å². The van der Waals surface area contributed by atoms with Crippen LogP contribution >= 0.6 is 0 Å². The first-order valence-corrected chi connectivity index (χ1v) is 10.4. The number of hydrogen-bond donors (Lipinski definition) is 2. The SMILES string of the molecule is Cc1cc(-c2cc(NC(=O)C3CC3)ncn2)ccc1O[C@@H]1CCN(C(=O)CO)CC1(F)F. The van der Waals surface area contributed by atoms with Gasteiger partial charge in [-0.3, -0.25) is 9.59 Å². The number of benzene rings is 1. The number of carbonyl (C=O) groups is 2. The molecule has 1 saturated carbocycles. The molecule has 1 aromatic heterocycles. The Morgan fingerprint density at radius 2 is 2.03 bits per heavy atom. The number of hydrogen-bond acceptors (Lipinski definition) is 6. The average molecular weight is 446 g/mol. The van der Waals surface area contributed by atoms with Gasteiger partial charge >= 0.3 is 5.92 Å². The van der Waals surface area contributed by atoms with Gasteiger partial charge in [0.1, 0.15) is 24.5 Å². The number of alkyl halides is 2. The number of nitrogens with one attached hydrogen (secondary N) is 1. The summed E-state index contributed by atoms with van der Waals surface area (Å²) in [4.78, 5) is 32.8. The van der Waals surface area contributed by atoms with Crippen LogP contribution in [0.4, 0.5) is 14.6 Å². The lowest BCUT2D eigenvalue weighted by molar-refractivity contribution is -0.161. The molecular weight excluding hydrogens is 422 g/mol. The van der Waals surface area contributed by atoms with Crippen molar-refractivity contribution in [2.24, 2.45) is 5.92 Å². The third-order valence-electron chi connectivity index (χ3n) is 5.63. The molecule has 2 N–H and O–H groups in total. The van der Waals surface area contributed by atoms with Crippen LogP contribution in [0.25, 0.3) is 11.3 Å². The number of amides is 2. The zero-order valence-corrected chi connectivity index (χ0v) is 17.6. The van der Waals surface area contributed by atoms with Gasteiger partial charge in [0.05, 0.1) is 12.2 Å². The Bertz CT molecular complexity index is 1030. The zero-order chi connectivity index (χ0) is 22.9. The summed E-state index contributed by atoms with van der Waals surface area (Å²) in [6, 6.07) is 6.75. The Labute approximate surface area is 183 Å². The topological polar surface area (TPSA) is 105 Å². The van der Waals surface area contributed by atoms with Crippen LogP contribution in [0.2, 0.25) is 0 Å². The highest BCUT2D eigenvalue weighted by Crippen LogP contribution is 2.34. The summed E-state index contributed by atoms with van der Waals surface area (Å²) in [7, 11) is 0. The second kappa shape index (κ2) is 8.78. The van der Waals surface area contributed by atoms with E-state index in [2.05, 4.69) is 15.3 Å². The van der Waals surface area contributed by atoms with Crippen LogP contribution in [-0.4, -0.2) is 63.5 Å². The molecule has 1 aliphatic heterocycles. The quantitative estimate of drug-likeness (QED) is 0.706. The Morgan fingerprint density at radius 1 is 1.25 bits per heavy atom. The first-order chi connectivity index (χ1) is 15.3. The van der Waals surface area contributed by atoms with Crippen LogP contribution < -0.4 is 10.1 Å². The van der Waals surface area contributed by atoms with Crippen molar-refractivity contribution in [2.75, 3.05) is 25.0 Å². The van der Waals surface area contributed by atoms with E-state index in [9.17, 15) is 18.4 Å². The minimum Gasteiger partial charge on any atom is -0.484 e. The molecule has 8 nitrogen and oxygen atoms in total. The molecule has 0 bridgehead atoms. The highest BCUT2D eigenvalue weighted by Gasteiger charge is 2.47. The van der Waals surface area contributed by atoms with Crippen LogP contribution in [0.3, 0.4) is 0 Å². The third kappa shape index (κ3) is 4.85. The number of nitrogens with zero attached hydrogens (tertiary/aromatic N) is 3. The summed E-state index contributed by atoms with van der Waals surface area (Å²) in [5.41, 5.74) is 1.96. The number of anilines is 1. The fraction of sp³-hybridized carbons (Fsp3) is 0.455. The number of halogens is 2. The first-order valence-electron chi connectivity index (χ1n) is 10.4. The minimum absolute atomic E-state index is 0.0457. The molecule has 1 saturated heterocycles. The van der Waals surface area contributed by atoms with Crippen molar-refractivity contribution in [1.29, 1.82) is 0 Å². The van der Waals surface area contributed by atoms with Gasteiger partial charge in [-0.15, -0.1) is 0 Å². The molecule has 4 rings (SSSR count). The number of piperidine rings is 1. The number of carbonyl (C=O) groups excluding carboxylic acids is 2. The summed E-state index contributed by atoms with van der Waals surface area (Å²) >= 11 is 0. The molecule has 1 aliphatic carbocycles. The number of aryl methyl sites for hydroxylation is 1. The van der Waals surface area contributed by atoms with Crippen molar-refractivity contribution in [1.82, 2.24) is 14.9 Å². The van der Waals surface area contributed by atoms with E-state index < -0.39 is 31.1 Å². The van der Waals surface area contributed by atoms with Gasteiger partial charge in [-0.2, -0.15) is 0 Å². The van der Waals surface area contributed by atoms with Crippen molar-refractivity contribution < 1.29 is 28.2 Å². The van der Waals surface area contributed by atoms with Gasteiger partial charge in [0, 0.05) is 30.5 Å². The van der Waals surface area contributed by atoms with E-state index in [0.717, 1.165) is 23.3 Å². The predicted octanol–water partition coefficient (Wildman–Crippen LogP) is 2.41. The van der Waals surface area contributed by atoms with Gasteiger partial charge in [-0.05, 0) is 43.5 Å². The van der Waals surface area contributed by atoms with Gasteiger partial charge in [0.25, 0.3) is 0 Å². The lowest BCUT2D eigenvalue weighted by atomic mass is 10.0. The molecule has 170 valence electrons. The van der Waals surface area contributed by atoms with Crippen molar-refractivity contribution in [3.05, 3.63) is 36.2 Å². The molecule has 2 fully saturated rings. The van der Waals surface area contributed by atoms with Gasteiger partial charge in [0.2, 0.25) is 11.8 Å². The molecule has 0 unspecified atom stereocenters. The maximum atomic E-state index is 14.5. The van der Waals surface area contributed by atoms with Crippen LogP contribution in [-0.2, 0) is 9.59 Å². The number of ether oxygens (including phenoxy) is 1. The largest absolute Gasteiger partial charge is 0.484 e. The molecule has 2 aliphatic rings. The second-order valence-corrected chi connectivity index (χ2v) is 8.16. The lowest BCUT2D eigenvalue weighted by Gasteiger charge is -2.38. The summed E-state index contributed by atoms with van der Waals surface area (Å²) in [6.07, 6.45) is 1.72. The second-order valence-electron chi connectivity index (χ2n) is 8.16. The van der Waals surface area contributed by atoms with Gasteiger partial charge in [0.15, 0.2) is 6.10 Å². The molecule has 10 heteroatoms. The maximum Gasteiger partial charge on any atom is 0.301 e. The lowest BCUT2D eigenvalue weighted by Crippen LogP contribution is -2.55. The molecule has 2 aromatic rings. The molecule has 32 heavy (non-hydrogen) atoms. The van der Waals surface area contributed by atoms with Crippen LogP contribution in [0.1, 0.15) is 24.8 Å². The number of rotatable bonds is 6. The normalized spacial score (nSPS) is 20.0. The smallest absolute Gasteiger partial charge is 0.301 e. The monoisotopic (exact) mass is 446 g/mol. The highest BCUT2D eigenvalue weighted by molar-refractivity contribution is 5.93. The van der Waals surface area contributed by atoms with Crippen LogP contribution in [0.5, 0.6) is 5.75 Å². The summed E-state index contributed by atoms with van der Waals surface area (Å²) < 4.78 is 34.7. The van der Waals surface area contributed by atoms with E-state index in [1.807, 2.05) is 0 Å². The number of aromatic nitrogens is 2. The Morgan fingerprint density at radius 3 is 2.69 bits per heavy atom. The fourth-order valence-electron chi connectivity index (χ4n) is 3.63. The summed E-state index contributed by atoms with van der Waals surface area (Å²) in [5.74, 6) is -3.23. The van der Waals surface area contributed by atoms with E-state index in [1.54, 1.807) is 31.2 Å². The summed E-state index contributed by atoms with van der Waals surface area (Å²) in [5, 5.41) is 11.7. The number of aliphatic hydroxyl groups is 1. The van der Waals surface area contributed by atoms with Crippen molar-refractivity contribution in [2.45, 2.75) is 38.2 Å². The molecule has 2 heterocycles. The summed E-state index contributed by atoms with van der Waals surface area (Å²) in [6.45, 7) is 0.257. The molecule has 1 atom stereocenters. The Balaban J connectivity index is 1.46. The zero-order valence-electron chi connectivity index (χ0n) is 17.6. The third-order valence-corrected chi connectivity index (χ3v) is 5.63. The van der Waals surface area contributed by atoms with Gasteiger partial charge in [-0.1, -0.05) is 0 Å². The molecular formula is C22H24F2N4O4. The number of likely N-dealkylation sites (tertiary alicyclic amines) is 1. The van der Waals surface area contributed by atoms with Crippen LogP contribution in [0, 0.1) is 12.8 Å². The number of aliphatic hydroxyl groups excluding tert-OH is 1. The molecule has 0 spiro atoms. The van der Waals surface area contributed by atoms with E-state index in [1.165, 1.54) is 6.33 Å². The first kappa shape index (κ1) is 22.1. The van der Waals surface area contributed by atoms with Crippen molar-refractivity contribution >= 4 is 17.6 Å². The Hall–Kier alpha value is -3.14. The van der Waals surface area contributed by atoms with E-state index in [4.69, 9.17) is 9.84 Å². The highest BCUT2D eigenvalue weighted by atomic mass is 19.3. The Kier molecular flexibility index (Phi) is 6.05. The fourth-order valence-corrected chi connectivity index (χ4v) is 3.63. The molecule has 2 amide bonds. The van der Waals surface area contributed by atoms with E-state index in [0.29, 0.717) is 22.8 Å². The van der Waals surface area contributed by atoms with Crippen molar-refractivity contribution in [3.63, 3.8) is 0 Å². The molecule has 0 radical (unpaired) electrons. The standard InChI is InChI=1S/C22H24F2N4O4/c1-13-8-15(16-9-19(26-12-25-16)27-21(31)14-2-3-14)4-5-17(13)32-18-6-7-28(20(30)10-29)11-22(18,23)24/h4-5,8-9,12,14,18,29H,2-3,6-7,10-11H2,1H3,(H,25,26,27,31)/t18-/m1/s1. The maximum absolute atomic E-state index is 14.5.